The van der Waals surface area contributed by atoms with E-state index in [2.05, 4.69) is 15.3 Å². The third kappa shape index (κ3) is 4.57. The maximum absolute atomic E-state index is 13.9. The number of hydrogen-bond acceptors (Lipinski definition) is 8. The second-order valence-corrected chi connectivity index (χ2v) is 11.3. The average molecular weight is 523 g/mol. The summed E-state index contributed by atoms with van der Waals surface area (Å²) in [6, 6.07) is 13.1. The molecule has 2 aromatic carbocycles. The number of amides is 1. The van der Waals surface area contributed by atoms with E-state index in [0.29, 0.717) is 27.9 Å². The number of methoxy groups -OCH3 is 1. The molecule has 1 aliphatic heterocycles. The Morgan fingerprint density at radius 2 is 1.81 bits per heavy atom. The first-order valence-corrected chi connectivity index (χ1v) is 13.0. The summed E-state index contributed by atoms with van der Waals surface area (Å²) in [5, 5.41) is 3.41. The van der Waals surface area contributed by atoms with Gasteiger partial charge in [-0.15, -0.1) is 0 Å². The van der Waals surface area contributed by atoms with Crippen LogP contribution in [-0.4, -0.2) is 47.8 Å². The topological polar surface area (TPSA) is 122 Å². The first kappa shape index (κ1) is 24.6. The van der Waals surface area contributed by atoms with Gasteiger partial charge >= 0.3 is 12.1 Å². The van der Waals surface area contributed by atoms with Gasteiger partial charge in [-0.3, -0.25) is 0 Å². The maximum Gasteiger partial charge on any atom is 0.408 e. The highest BCUT2D eigenvalue weighted by atomic mass is 32.2. The monoisotopic (exact) mass is 522 g/mol. The maximum atomic E-state index is 13.9. The summed E-state index contributed by atoms with van der Waals surface area (Å²) < 4.78 is 45.4. The van der Waals surface area contributed by atoms with Crippen molar-refractivity contribution in [2.75, 3.05) is 13.7 Å². The highest BCUT2D eigenvalue weighted by molar-refractivity contribution is 7.90. The van der Waals surface area contributed by atoms with Crippen molar-refractivity contribution in [1.29, 1.82) is 0 Å². The fourth-order valence-corrected chi connectivity index (χ4v) is 5.77. The molecule has 4 aromatic rings. The zero-order valence-corrected chi connectivity index (χ0v) is 21.6. The Morgan fingerprint density at radius 3 is 2.46 bits per heavy atom. The molecule has 11 heteroatoms. The van der Waals surface area contributed by atoms with E-state index in [-0.39, 0.29) is 17.5 Å². The number of aromatic nitrogens is 3. The van der Waals surface area contributed by atoms with Crippen molar-refractivity contribution in [1.82, 2.24) is 19.3 Å². The van der Waals surface area contributed by atoms with Crippen LogP contribution in [-0.2, 0) is 14.8 Å². The number of carbonyl (C=O) groups excluding carboxylic acids is 1. The lowest BCUT2D eigenvalue weighted by Crippen LogP contribution is -2.35. The average Bonchev–Trinajstić information content (AvgIpc) is 3.45. The molecular weight excluding hydrogens is 496 g/mol. The van der Waals surface area contributed by atoms with Crippen LogP contribution in [0, 0.1) is 0 Å². The van der Waals surface area contributed by atoms with Gasteiger partial charge in [0.15, 0.2) is 0 Å². The molecule has 1 unspecified atom stereocenters. The Labute approximate surface area is 214 Å². The second kappa shape index (κ2) is 9.07. The van der Waals surface area contributed by atoms with Gasteiger partial charge in [0.2, 0.25) is 0 Å². The molecule has 0 saturated heterocycles. The summed E-state index contributed by atoms with van der Waals surface area (Å²) in [5.74, 6) is 0.497. The predicted molar refractivity (Wildman–Crippen MR) is 136 cm³/mol. The number of hydrogen-bond donors (Lipinski definition) is 1. The normalized spacial score (nSPS) is 15.2. The summed E-state index contributed by atoms with van der Waals surface area (Å²) in [6.07, 6.45) is 2.45. The van der Waals surface area contributed by atoms with Crippen LogP contribution >= 0.6 is 0 Å². The molecule has 5 rings (SSSR count). The third-order valence-corrected chi connectivity index (χ3v) is 7.51. The lowest BCUT2D eigenvalue weighted by atomic mass is 10.1. The van der Waals surface area contributed by atoms with Gasteiger partial charge in [0.25, 0.3) is 10.0 Å². The molecule has 1 atom stereocenters. The second-order valence-electron chi connectivity index (χ2n) is 9.50. The lowest BCUT2D eigenvalue weighted by Gasteiger charge is -2.21. The van der Waals surface area contributed by atoms with Crippen LogP contribution in [0.4, 0.5) is 4.79 Å². The van der Waals surface area contributed by atoms with Gasteiger partial charge < -0.3 is 19.5 Å². The predicted octanol–water partition coefficient (Wildman–Crippen LogP) is 4.30. The minimum absolute atomic E-state index is 0.133. The molecule has 2 aromatic heterocycles. The number of nitrogens with one attached hydrogen (secondary N) is 1. The number of benzene rings is 2. The number of carbonyl (C=O) groups is 1. The molecule has 3 heterocycles. The molecule has 10 nitrogen and oxygen atoms in total. The van der Waals surface area contributed by atoms with Crippen LogP contribution in [0.2, 0.25) is 0 Å². The van der Waals surface area contributed by atoms with E-state index in [0.717, 1.165) is 5.56 Å². The SMILES string of the molecule is COc1ncc(-c2cc3c4c(ccc3n2S(=O)(=O)c2ccccc2)C(NC(=O)OC(C)(C)C)CO4)cn1. The van der Waals surface area contributed by atoms with Crippen LogP contribution < -0.4 is 14.8 Å². The van der Waals surface area contributed by atoms with Crippen LogP contribution in [0.25, 0.3) is 22.2 Å². The quantitative estimate of drug-likeness (QED) is 0.412. The van der Waals surface area contributed by atoms with Gasteiger partial charge in [-0.25, -0.2) is 27.2 Å². The van der Waals surface area contributed by atoms with Crippen LogP contribution in [0.3, 0.4) is 0 Å². The summed E-state index contributed by atoms with van der Waals surface area (Å²) in [7, 11) is -2.55. The molecule has 0 bridgehead atoms. The molecule has 0 spiro atoms. The first-order chi connectivity index (χ1) is 17.6. The Morgan fingerprint density at radius 1 is 1.11 bits per heavy atom. The smallest absolute Gasteiger partial charge is 0.408 e. The Balaban J connectivity index is 1.65. The van der Waals surface area contributed by atoms with Crippen LogP contribution in [0.5, 0.6) is 11.8 Å². The van der Waals surface area contributed by atoms with Crippen LogP contribution in [0.15, 0.2) is 65.8 Å². The number of alkyl carbamates (subject to hydrolysis) is 1. The number of nitrogens with zero attached hydrogens (tertiary/aromatic N) is 3. The van der Waals surface area contributed by atoms with Gasteiger partial charge in [-0.2, -0.15) is 0 Å². The van der Waals surface area contributed by atoms with E-state index >= 15 is 0 Å². The van der Waals surface area contributed by atoms with Crippen LogP contribution in [0.1, 0.15) is 32.4 Å². The third-order valence-electron chi connectivity index (χ3n) is 5.77. The van der Waals surface area contributed by atoms with Gasteiger partial charge in [-0.1, -0.05) is 24.3 Å². The molecule has 0 fully saturated rings. The first-order valence-electron chi connectivity index (χ1n) is 11.6. The molecule has 37 heavy (non-hydrogen) atoms. The minimum atomic E-state index is -4.00. The van der Waals surface area contributed by atoms with E-state index < -0.39 is 27.8 Å². The fraction of sp³-hybridized carbons (Fsp3) is 0.269. The van der Waals surface area contributed by atoms with Crippen molar-refractivity contribution in [3.05, 3.63) is 66.5 Å². The Kier molecular flexibility index (Phi) is 6.03. The molecule has 1 amide bonds. The molecule has 0 aliphatic carbocycles. The number of rotatable bonds is 5. The van der Waals surface area contributed by atoms with E-state index in [4.69, 9.17) is 14.2 Å². The minimum Gasteiger partial charge on any atom is -0.490 e. The fourth-order valence-electron chi connectivity index (χ4n) is 4.22. The number of ether oxygens (including phenoxy) is 3. The molecule has 0 saturated carbocycles. The Bertz CT molecular complexity index is 1580. The molecule has 1 N–H and O–H groups in total. The van der Waals surface area contributed by atoms with E-state index in [1.165, 1.54) is 23.5 Å². The lowest BCUT2D eigenvalue weighted by molar-refractivity contribution is 0.0497. The van der Waals surface area contributed by atoms with E-state index in [1.54, 1.807) is 69.3 Å². The zero-order chi connectivity index (χ0) is 26.4. The van der Waals surface area contributed by atoms with Gasteiger partial charge in [0.1, 0.15) is 18.0 Å². The van der Waals surface area contributed by atoms with Crippen molar-refractivity contribution in [2.24, 2.45) is 0 Å². The molecule has 1 aliphatic rings. The van der Waals surface area contributed by atoms with Gasteiger partial charge in [0, 0.05) is 28.9 Å². The van der Waals surface area contributed by atoms with Gasteiger partial charge in [0.05, 0.1) is 29.3 Å². The Hall–Kier alpha value is -4.12. The molecular formula is C26H26N4O6S. The highest BCUT2D eigenvalue weighted by Crippen LogP contribution is 2.43. The molecule has 0 radical (unpaired) electrons. The van der Waals surface area contributed by atoms with Crippen molar-refractivity contribution >= 4 is 27.0 Å². The van der Waals surface area contributed by atoms with Crippen molar-refractivity contribution in [3.8, 4) is 23.0 Å². The summed E-state index contributed by atoms with van der Waals surface area (Å²) >= 11 is 0. The standard InChI is InChI=1S/C26H26N4O6S/c1-26(2,3)36-25(31)29-20-15-35-23-18(20)10-11-21-19(23)12-22(16-13-27-24(34-4)28-14-16)30(21)37(32,33)17-8-6-5-7-9-17/h5-14,20H,15H2,1-4H3,(H,29,31). The summed E-state index contributed by atoms with van der Waals surface area (Å²) in [5.41, 5.74) is 1.35. The van der Waals surface area contributed by atoms with E-state index in [9.17, 15) is 13.2 Å². The number of fused-ring (bicyclic) bond motifs is 3. The summed E-state index contributed by atoms with van der Waals surface area (Å²) in [6.45, 7) is 5.55. The van der Waals surface area contributed by atoms with Gasteiger partial charge in [-0.05, 0) is 45.0 Å². The van der Waals surface area contributed by atoms with E-state index in [1.807, 2.05) is 0 Å². The van der Waals surface area contributed by atoms with Crippen molar-refractivity contribution < 1.29 is 27.4 Å². The largest absolute Gasteiger partial charge is 0.490 e. The zero-order valence-electron chi connectivity index (χ0n) is 20.8. The molecule has 192 valence electrons. The summed E-state index contributed by atoms with van der Waals surface area (Å²) in [4.78, 5) is 20.8. The van der Waals surface area contributed by atoms with Crippen molar-refractivity contribution in [2.45, 2.75) is 37.3 Å². The van der Waals surface area contributed by atoms with Crippen molar-refractivity contribution in [3.63, 3.8) is 0 Å². The highest BCUT2D eigenvalue weighted by Gasteiger charge is 2.32.